The van der Waals surface area contributed by atoms with Gasteiger partial charge in [0.1, 0.15) is 6.04 Å². The van der Waals surface area contributed by atoms with Crippen molar-refractivity contribution in [1.29, 1.82) is 0 Å². The molecule has 1 heterocycles. The molecule has 3 aromatic rings. The smallest absolute Gasteiger partial charge is 0.326 e. The van der Waals surface area contributed by atoms with Crippen molar-refractivity contribution in [2.75, 3.05) is 55.5 Å². The van der Waals surface area contributed by atoms with E-state index >= 15 is 0 Å². The van der Waals surface area contributed by atoms with Crippen molar-refractivity contribution in [3.8, 4) is 0 Å². The quantitative estimate of drug-likeness (QED) is 0.136. The van der Waals surface area contributed by atoms with E-state index < -0.39 is 12.0 Å². The van der Waals surface area contributed by atoms with Crippen LogP contribution in [0.2, 0.25) is 0 Å². The Kier molecular flexibility index (Phi) is 13.3. The zero-order valence-electron chi connectivity index (χ0n) is 23.5. The van der Waals surface area contributed by atoms with Crippen LogP contribution < -0.4 is 21.3 Å². The lowest BCUT2D eigenvalue weighted by Gasteiger charge is -2.17. The molecule has 12 nitrogen and oxygen atoms in total. The first-order chi connectivity index (χ1) is 19.9. The van der Waals surface area contributed by atoms with Crippen molar-refractivity contribution >= 4 is 29.7 Å². The van der Waals surface area contributed by atoms with Gasteiger partial charge in [0.2, 0.25) is 17.8 Å². The predicted molar refractivity (Wildman–Crippen MR) is 157 cm³/mol. The van der Waals surface area contributed by atoms with Crippen LogP contribution in [0.25, 0.3) is 0 Å². The van der Waals surface area contributed by atoms with Crippen LogP contribution in [-0.4, -0.2) is 77.5 Å². The number of carbonyl (C=O) groups is 2. The average molecular weight is 566 g/mol. The lowest BCUT2D eigenvalue weighted by molar-refractivity contribution is -0.138. The second kappa shape index (κ2) is 17.4. The number of nitrogens with one attached hydrogen (secondary N) is 4. The highest BCUT2D eigenvalue weighted by atomic mass is 16.5. The maximum absolute atomic E-state index is 12.0. The molecule has 2 aromatic carbocycles. The van der Waals surface area contributed by atoms with Crippen LogP contribution in [0.4, 0.5) is 17.8 Å². The van der Waals surface area contributed by atoms with E-state index in [9.17, 15) is 14.7 Å². The van der Waals surface area contributed by atoms with Crippen molar-refractivity contribution in [3.05, 3.63) is 71.8 Å². The van der Waals surface area contributed by atoms with E-state index in [2.05, 4.69) is 36.2 Å². The highest BCUT2D eigenvalue weighted by molar-refractivity contribution is 5.94. The predicted octanol–water partition coefficient (Wildman–Crippen LogP) is 3.27. The van der Waals surface area contributed by atoms with Crippen molar-refractivity contribution in [3.63, 3.8) is 0 Å². The van der Waals surface area contributed by atoms with Gasteiger partial charge in [0.05, 0.1) is 26.4 Å². The fourth-order valence-corrected chi connectivity index (χ4v) is 3.71. The lowest BCUT2D eigenvalue weighted by Crippen LogP contribution is -2.32. The van der Waals surface area contributed by atoms with E-state index in [-0.39, 0.29) is 17.8 Å². The number of amides is 1. The minimum Gasteiger partial charge on any atom is -0.480 e. The first kappa shape index (κ1) is 31.2. The zero-order valence-corrected chi connectivity index (χ0v) is 23.5. The van der Waals surface area contributed by atoms with Crippen LogP contribution in [-0.2, 0) is 20.8 Å². The van der Waals surface area contributed by atoms with Crippen molar-refractivity contribution in [2.24, 2.45) is 5.92 Å². The maximum Gasteiger partial charge on any atom is 0.326 e. The van der Waals surface area contributed by atoms with E-state index in [1.54, 1.807) is 12.1 Å². The number of carboxylic acids is 1. The van der Waals surface area contributed by atoms with Crippen molar-refractivity contribution in [1.82, 2.24) is 20.3 Å². The van der Waals surface area contributed by atoms with Crippen LogP contribution >= 0.6 is 0 Å². The second-order valence-corrected chi connectivity index (χ2v) is 9.58. The molecule has 1 amide bonds. The summed E-state index contributed by atoms with van der Waals surface area (Å²) in [4.78, 5) is 36.9. The summed E-state index contributed by atoms with van der Waals surface area (Å²) in [6.45, 7) is 6.78. The number of benzene rings is 2. The Labute approximate surface area is 240 Å². The number of aromatic nitrogens is 3. The standard InChI is InChI=1S/C29H39N7O5/c1-21(2)19-24(26(38)39)33-29-35-27(34-28(36-29)32-20-22-9-5-3-6-10-22)31-14-16-41-18-17-40-15-13-30-25(37)23-11-7-4-8-12-23/h3-12,21,24H,13-20H2,1-2H3,(H,30,37)(H,38,39)(H3,31,32,33,34,35,36)/t24-/m0/s1. The highest BCUT2D eigenvalue weighted by Gasteiger charge is 2.20. The molecule has 41 heavy (non-hydrogen) atoms. The Bertz CT molecular complexity index is 1200. The summed E-state index contributed by atoms with van der Waals surface area (Å²) in [5.74, 6) is -0.156. The molecule has 0 saturated heterocycles. The van der Waals surface area contributed by atoms with Gasteiger partial charge in [-0.15, -0.1) is 0 Å². The Hall–Kier alpha value is -4.29. The molecule has 0 aliphatic heterocycles. The number of carboxylic acid groups (broad SMARTS) is 1. The van der Waals surface area contributed by atoms with Crippen molar-refractivity contribution < 1.29 is 24.2 Å². The summed E-state index contributed by atoms with van der Waals surface area (Å²) < 4.78 is 11.1. The van der Waals surface area contributed by atoms with Crippen LogP contribution in [0.15, 0.2) is 60.7 Å². The molecule has 0 radical (unpaired) electrons. The number of hydrogen-bond acceptors (Lipinski definition) is 10. The maximum atomic E-state index is 12.0. The van der Waals surface area contributed by atoms with Gasteiger partial charge in [0.15, 0.2) is 0 Å². The Morgan fingerprint density at radius 1 is 0.780 bits per heavy atom. The molecule has 0 aliphatic carbocycles. The normalized spacial score (nSPS) is 11.6. The van der Waals surface area contributed by atoms with Gasteiger partial charge in [-0.05, 0) is 30.0 Å². The zero-order chi connectivity index (χ0) is 29.3. The summed E-state index contributed by atoms with van der Waals surface area (Å²) in [5, 5.41) is 21.6. The summed E-state index contributed by atoms with van der Waals surface area (Å²) in [5.41, 5.74) is 1.66. The number of carbonyl (C=O) groups excluding carboxylic acids is 1. The van der Waals surface area contributed by atoms with Crippen LogP contribution in [0, 0.1) is 5.92 Å². The summed E-state index contributed by atoms with van der Waals surface area (Å²) >= 11 is 0. The second-order valence-electron chi connectivity index (χ2n) is 9.58. The van der Waals surface area contributed by atoms with Gasteiger partial charge in [-0.25, -0.2) is 4.79 Å². The molecule has 1 atom stereocenters. The number of rotatable bonds is 19. The fraction of sp³-hybridized carbons (Fsp3) is 0.414. The minimum atomic E-state index is -0.971. The SMILES string of the molecule is CC(C)C[C@H](Nc1nc(NCCOCCOCCNC(=O)c2ccccc2)nc(NCc2ccccc2)n1)C(=O)O. The number of nitrogens with zero attached hydrogens (tertiary/aromatic N) is 3. The van der Waals surface area contributed by atoms with Gasteiger partial charge in [0.25, 0.3) is 5.91 Å². The number of aliphatic carboxylic acids is 1. The summed E-state index contributed by atoms with van der Waals surface area (Å²) in [6.07, 6.45) is 0.422. The molecule has 3 rings (SSSR count). The molecule has 0 saturated carbocycles. The lowest BCUT2D eigenvalue weighted by atomic mass is 10.0. The Balaban J connectivity index is 1.42. The molecule has 0 fully saturated rings. The Morgan fingerprint density at radius 2 is 1.37 bits per heavy atom. The molecule has 0 bridgehead atoms. The van der Waals surface area contributed by atoms with Crippen molar-refractivity contribution in [2.45, 2.75) is 32.9 Å². The van der Waals surface area contributed by atoms with Gasteiger partial charge in [-0.3, -0.25) is 4.79 Å². The third-order valence-electron chi connectivity index (χ3n) is 5.71. The average Bonchev–Trinajstić information content (AvgIpc) is 2.97. The number of anilines is 3. The summed E-state index contributed by atoms with van der Waals surface area (Å²) in [7, 11) is 0. The van der Waals surface area contributed by atoms with Crippen LogP contribution in [0.5, 0.6) is 0 Å². The molecular formula is C29H39N7O5. The minimum absolute atomic E-state index is 0.134. The molecule has 0 aliphatic rings. The third kappa shape index (κ3) is 12.2. The van der Waals surface area contributed by atoms with E-state index in [1.165, 1.54) is 0 Å². The molecule has 12 heteroatoms. The van der Waals surface area contributed by atoms with Gasteiger partial charge < -0.3 is 35.8 Å². The molecule has 220 valence electrons. The topological polar surface area (TPSA) is 160 Å². The van der Waals surface area contributed by atoms with Crippen LogP contribution in [0.1, 0.15) is 36.2 Å². The van der Waals surface area contributed by atoms with Gasteiger partial charge in [-0.1, -0.05) is 62.4 Å². The first-order valence-electron chi connectivity index (χ1n) is 13.7. The van der Waals surface area contributed by atoms with Crippen LogP contribution in [0.3, 0.4) is 0 Å². The van der Waals surface area contributed by atoms with Gasteiger partial charge in [-0.2, -0.15) is 15.0 Å². The number of hydrogen-bond donors (Lipinski definition) is 5. The monoisotopic (exact) mass is 565 g/mol. The van der Waals surface area contributed by atoms with E-state index in [0.29, 0.717) is 69.9 Å². The van der Waals surface area contributed by atoms with E-state index in [4.69, 9.17) is 9.47 Å². The third-order valence-corrected chi connectivity index (χ3v) is 5.71. The van der Waals surface area contributed by atoms with Gasteiger partial charge in [0, 0.05) is 25.2 Å². The Morgan fingerprint density at radius 3 is 2.00 bits per heavy atom. The molecule has 0 spiro atoms. The molecule has 5 N–H and O–H groups in total. The van der Waals surface area contributed by atoms with E-state index in [0.717, 1.165) is 5.56 Å². The van der Waals surface area contributed by atoms with Gasteiger partial charge >= 0.3 is 5.97 Å². The van der Waals surface area contributed by atoms with E-state index in [1.807, 2.05) is 62.4 Å². The molecular weight excluding hydrogens is 526 g/mol. The summed E-state index contributed by atoms with van der Waals surface area (Å²) in [6, 6.07) is 18.0. The largest absolute Gasteiger partial charge is 0.480 e. The molecule has 1 aromatic heterocycles. The first-order valence-corrected chi connectivity index (χ1v) is 13.7. The number of ether oxygens (including phenoxy) is 2. The highest BCUT2D eigenvalue weighted by Crippen LogP contribution is 2.15. The molecule has 0 unspecified atom stereocenters. The fourth-order valence-electron chi connectivity index (χ4n) is 3.71.